The Morgan fingerprint density at radius 1 is 1.06 bits per heavy atom. The zero-order valence-electron chi connectivity index (χ0n) is 17.6. The lowest BCUT2D eigenvalue weighted by Gasteiger charge is -2.09. The third-order valence-corrected chi connectivity index (χ3v) is 5.01. The van der Waals surface area contributed by atoms with Crippen molar-refractivity contribution in [3.63, 3.8) is 0 Å². The molecule has 4 rings (SSSR count). The summed E-state index contributed by atoms with van der Waals surface area (Å²) in [7, 11) is 1.34. The van der Waals surface area contributed by atoms with Crippen molar-refractivity contribution in [1.82, 2.24) is 19.6 Å². The number of nitrogens with one attached hydrogen (secondary N) is 1. The minimum atomic E-state index is -0.416. The van der Waals surface area contributed by atoms with Crippen LogP contribution in [0.25, 0.3) is 0 Å². The quantitative estimate of drug-likeness (QED) is 0.397. The number of halogens is 1. The smallest absolute Gasteiger partial charge is 0.338 e. The normalized spacial score (nSPS) is 10.6. The molecule has 2 aromatic heterocycles. The largest absolute Gasteiger partial charge is 0.471 e. The molecule has 33 heavy (non-hydrogen) atoms. The molecule has 9 nitrogen and oxygen atoms in total. The van der Waals surface area contributed by atoms with E-state index in [1.54, 1.807) is 53.3 Å². The number of esters is 1. The molecule has 0 saturated heterocycles. The maximum Gasteiger partial charge on any atom is 0.338 e. The van der Waals surface area contributed by atoms with Crippen molar-refractivity contribution < 1.29 is 19.1 Å². The Hall–Kier alpha value is -4.11. The van der Waals surface area contributed by atoms with Crippen LogP contribution in [0.2, 0.25) is 5.02 Å². The molecule has 1 amide bonds. The summed E-state index contributed by atoms with van der Waals surface area (Å²) in [4.78, 5) is 24.7. The molecular weight excluding hydrogens is 446 g/mol. The molecule has 0 fully saturated rings. The summed E-state index contributed by atoms with van der Waals surface area (Å²) in [5.74, 6) is -0.170. The number of carbonyl (C=O) groups excluding carboxylic acids is 2. The van der Waals surface area contributed by atoms with Crippen LogP contribution in [0.15, 0.2) is 73.2 Å². The zero-order chi connectivity index (χ0) is 23.2. The van der Waals surface area contributed by atoms with Crippen molar-refractivity contribution in [2.24, 2.45) is 0 Å². The number of rotatable bonds is 8. The number of anilines is 1. The fraction of sp³-hybridized carbons (Fsp3) is 0.130. The predicted octanol–water partition coefficient (Wildman–Crippen LogP) is 3.86. The average Bonchev–Trinajstić information content (AvgIpc) is 3.48. The number of benzene rings is 2. The summed E-state index contributed by atoms with van der Waals surface area (Å²) >= 11 is 5.88. The van der Waals surface area contributed by atoms with E-state index >= 15 is 0 Å². The molecule has 0 saturated carbocycles. The van der Waals surface area contributed by atoms with Crippen LogP contribution in [-0.2, 0) is 18.0 Å². The summed E-state index contributed by atoms with van der Waals surface area (Å²) in [6.45, 7) is 0.398. The van der Waals surface area contributed by atoms with E-state index in [0.717, 1.165) is 5.56 Å². The van der Waals surface area contributed by atoms with Crippen LogP contribution in [0.5, 0.6) is 5.75 Å². The molecule has 1 N–H and O–H groups in total. The van der Waals surface area contributed by atoms with Crippen LogP contribution in [0.3, 0.4) is 0 Å². The number of nitrogens with zero attached hydrogens (tertiary/aromatic N) is 4. The molecule has 0 aliphatic rings. The van der Waals surface area contributed by atoms with E-state index in [1.165, 1.54) is 24.2 Å². The third kappa shape index (κ3) is 5.39. The monoisotopic (exact) mass is 465 g/mol. The second kappa shape index (κ2) is 10.0. The molecule has 2 aromatic carbocycles. The zero-order valence-corrected chi connectivity index (χ0v) is 18.4. The molecule has 0 aliphatic carbocycles. The maximum absolute atomic E-state index is 12.8. The summed E-state index contributed by atoms with van der Waals surface area (Å²) < 4.78 is 13.6. The number of amides is 1. The van der Waals surface area contributed by atoms with Crippen LogP contribution < -0.4 is 10.1 Å². The highest BCUT2D eigenvalue weighted by molar-refractivity contribution is 6.30. The molecule has 4 aromatic rings. The van der Waals surface area contributed by atoms with Gasteiger partial charge in [0.05, 0.1) is 31.1 Å². The fourth-order valence-corrected chi connectivity index (χ4v) is 3.27. The molecule has 0 spiro atoms. The van der Waals surface area contributed by atoms with Gasteiger partial charge in [0.25, 0.3) is 5.91 Å². The standard InChI is InChI=1S/C23H20ClN5O4/c1-32-23(31)20-5-3-2-4-16(20)13-28-14-18(12-26-28)27-22(30)21-10-11-25-29(21)15-33-19-8-6-17(24)7-9-19/h2-12,14H,13,15H2,1H3,(H,27,30). The maximum atomic E-state index is 12.8. The second-order valence-electron chi connectivity index (χ2n) is 6.97. The van der Waals surface area contributed by atoms with Gasteiger partial charge < -0.3 is 14.8 Å². The van der Waals surface area contributed by atoms with Crippen LogP contribution >= 0.6 is 11.6 Å². The number of carbonyl (C=O) groups is 2. The van der Waals surface area contributed by atoms with E-state index in [2.05, 4.69) is 15.5 Å². The Bertz CT molecular complexity index is 1270. The van der Waals surface area contributed by atoms with Gasteiger partial charge in [0.1, 0.15) is 11.4 Å². The first-order chi connectivity index (χ1) is 16.0. The van der Waals surface area contributed by atoms with Crippen LogP contribution in [0.1, 0.15) is 26.4 Å². The Kier molecular flexibility index (Phi) is 6.70. The molecule has 0 atom stereocenters. The van der Waals surface area contributed by atoms with Gasteiger partial charge in [0.2, 0.25) is 0 Å². The lowest BCUT2D eigenvalue weighted by atomic mass is 10.1. The van der Waals surface area contributed by atoms with E-state index in [4.69, 9.17) is 21.1 Å². The van der Waals surface area contributed by atoms with Gasteiger partial charge in [-0.15, -0.1) is 0 Å². The molecule has 2 heterocycles. The number of methoxy groups -OCH3 is 1. The molecule has 168 valence electrons. The van der Waals surface area contributed by atoms with Gasteiger partial charge in [0.15, 0.2) is 6.73 Å². The van der Waals surface area contributed by atoms with Crippen LogP contribution in [0.4, 0.5) is 5.69 Å². The van der Waals surface area contributed by atoms with Gasteiger partial charge in [-0.3, -0.25) is 9.48 Å². The highest BCUT2D eigenvalue weighted by Gasteiger charge is 2.15. The Morgan fingerprint density at radius 3 is 2.64 bits per heavy atom. The molecule has 0 bridgehead atoms. The first-order valence-corrected chi connectivity index (χ1v) is 10.3. The lowest BCUT2D eigenvalue weighted by molar-refractivity contribution is 0.0599. The molecule has 0 radical (unpaired) electrons. The highest BCUT2D eigenvalue weighted by Crippen LogP contribution is 2.17. The van der Waals surface area contributed by atoms with E-state index in [-0.39, 0.29) is 12.6 Å². The summed E-state index contributed by atoms with van der Waals surface area (Å²) in [5.41, 5.74) is 2.04. The van der Waals surface area contributed by atoms with Gasteiger partial charge in [-0.1, -0.05) is 29.8 Å². The van der Waals surface area contributed by atoms with Crippen LogP contribution in [0, 0.1) is 0 Å². The first kappa shape index (κ1) is 22.1. The lowest BCUT2D eigenvalue weighted by Crippen LogP contribution is -2.19. The third-order valence-electron chi connectivity index (χ3n) is 4.76. The van der Waals surface area contributed by atoms with Gasteiger partial charge in [-0.05, 0) is 42.0 Å². The highest BCUT2D eigenvalue weighted by atomic mass is 35.5. The Balaban J connectivity index is 1.40. The van der Waals surface area contributed by atoms with E-state index in [0.29, 0.717) is 34.3 Å². The summed E-state index contributed by atoms with van der Waals surface area (Å²) in [6.07, 6.45) is 4.73. The molecule has 0 aliphatic heterocycles. The molecule has 0 unspecified atom stereocenters. The SMILES string of the molecule is COC(=O)c1ccccc1Cn1cc(NC(=O)c2ccnn2COc2ccc(Cl)cc2)cn1. The van der Waals surface area contributed by atoms with E-state index in [1.807, 2.05) is 12.1 Å². The summed E-state index contributed by atoms with van der Waals surface area (Å²) in [5, 5.41) is 11.8. The van der Waals surface area contributed by atoms with E-state index < -0.39 is 5.97 Å². The van der Waals surface area contributed by atoms with E-state index in [9.17, 15) is 9.59 Å². The minimum absolute atomic E-state index is 0.0565. The summed E-state index contributed by atoms with van der Waals surface area (Å²) in [6, 6.07) is 15.6. The van der Waals surface area contributed by atoms with Gasteiger partial charge in [-0.2, -0.15) is 10.2 Å². The van der Waals surface area contributed by atoms with Gasteiger partial charge in [-0.25, -0.2) is 9.48 Å². The van der Waals surface area contributed by atoms with Crippen molar-refractivity contribution in [3.8, 4) is 5.75 Å². The molecule has 10 heteroatoms. The van der Waals surface area contributed by atoms with Crippen molar-refractivity contribution in [1.29, 1.82) is 0 Å². The fourth-order valence-electron chi connectivity index (χ4n) is 3.15. The number of ether oxygens (including phenoxy) is 2. The van der Waals surface area contributed by atoms with Crippen molar-refractivity contribution in [2.75, 3.05) is 12.4 Å². The number of hydrogen-bond acceptors (Lipinski definition) is 6. The number of aromatic nitrogens is 4. The van der Waals surface area contributed by atoms with Gasteiger partial charge >= 0.3 is 5.97 Å². The van der Waals surface area contributed by atoms with Crippen molar-refractivity contribution in [2.45, 2.75) is 13.3 Å². The van der Waals surface area contributed by atoms with Crippen molar-refractivity contribution in [3.05, 3.63) is 95.0 Å². The minimum Gasteiger partial charge on any atom is -0.471 e. The first-order valence-electron chi connectivity index (χ1n) is 9.93. The molecular formula is C23H20ClN5O4. The Labute approximate surface area is 194 Å². The Morgan fingerprint density at radius 2 is 1.85 bits per heavy atom. The van der Waals surface area contributed by atoms with Crippen molar-refractivity contribution >= 4 is 29.2 Å². The number of hydrogen-bond donors (Lipinski definition) is 1. The van der Waals surface area contributed by atoms with Crippen LogP contribution in [-0.4, -0.2) is 38.5 Å². The predicted molar refractivity (Wildman–Crippen MR) is 121 cm³/mol. The second-order valence-corrected chi connectivity index (χ2v) is 7.41. The topological polar surface area (TPSA) is 100 Å². The van der Waals surface area contributed by atoms with Gasteiger partial charge in [0, 0.05) is 17.4 Å². The average molecular weight is 466 g/mol.